The Balaban J connectivity index is 1.90. The number of carbonyl (C=O) groups is 1. The van der Waals surface area contributed by atoms with E-state index in [1.807, 2.05) is 5.32 Å². The van der Waals surface area contributed by atoms with Gasteiger partial charge in [0.2, 0.25) is 0 Å². The number of carbonyl (C=O) groups excluding carboxylic acids is 1. The molecule has 1 aliphatic heterocycles. The first-order valence-corrected chi connectivity index (χ1v) is 6.53. The van der Waals surface area contributed by atoms with Crippen LogP contribution in [0.15, 0.2) is 6.20 Å². The maximum Gasteiger partial charge on any atom is 0.416 e. The number of aliphatic hydroxyl groups is 1. The first-order chi connectivity index (χ1) is 9.88. The van der Waals surface area contributed by atoms with Gasteiger partial charge >= 0.3 is 6.18 Å². The number of nitrogens with one attached hydrogen (secondary N) is 2. The molecular weight excluding hydrogens is 291 g/mol. The van der Waals surface area contributed by atoms with Gasteiger partial charge in [0.25, 0.3) is 5.91 Å². The number of piperidine rings is 1. The first-order valence-electron chi connectivity index (χ1n) is 6.53. The summed E-state index contributed by atoms with van der Waals surface area (Å²) in [4.78, 5) is 11.7. The normalized spacial score (nSPS) is 18.5. The van der Waals surface area contributed by atoms with E-state index in [1.165, 1.54) is 6.20 Å². The average molecular weight is 307 g/mol. The molecule has 3 N–H and O–H groups in total. The Morgan fingerprint density at radius 2 is 2.19 bits per heavy atom. The quantitative estimate of drug-likeness (QED) is 0.720. The monoisotopic (exact) mass is 307 g/mol. The van der Waals surface area contributed by atoms with E-state index in [-0.39, 0.29) is 11.7 Å². The van der Waals surface area contributed by atoms with Crippen LogP contribution >= 0.6 is 0 Å². The molecule has 0 saturated carbocycles. The summed E-state index contributed by atoms with van der Waals surface area (Å²) in [5.41, 5.74) is -0.0668. The van der Waals surface area contributed by atoms with Crippen molar-refractivity contribution in [3.63, 3.8) is 0 Å². The summed E-state index contributed by atoms with van der Waals surface area (Å²) >= 11 is 0. The highest BCUT2D eigenvalue weighted by atomic mass is 19.4. The van der Waals surface area contributed by atoms with Gasteiger partial charge in [0.1, 0.15) is 0 Å². The van der Waals surface area contributed by atoms with Crippen LogP contribution in [0, 0.1) is 0 Å². The number of halogens is 3. The van der Waals surface area contributed by atoms with Gasteiger partial charge in [0.05, 0.1) is 18.8 Å². The summed E-state index contributed by atoms with van der Waals surface area (Å²) in [7, 11) is 0. The van der Waals surface area contributed by atoms with Gasteiger partial charge in [-0.2, -0.15) is 13.2 Å². The zero-order valence-corrected chi connectivity index (χ0v) is 11.1. The molecule has 1 amide bonds. The van der Waals surface area contributed by atoms with Crippen LogP contribution in [0.5, 0.6) is 0 Å². The predicted molar refractivity (Wildman–Crippen MR) is 65.6 cm³/mol. The second-order valence-corrected chi connectivity index (χ2v) is 4.83. The third kappa shape index (κ3) is 4.14. The molecular formula is C11H16F3N5O2. The minimum Gasteiger partial charge on any atom is -0.382 e. The molecule has 1 unspecified atom stereocenters. The van der Waals surface area contributed by atoms with E-state index in [0.717, 1.165) is 25.9 Å². The molecule has 10 heteroatoms. The zero-order valence-electron chi connectivity index (χ0n) is 11.1. The fourth-order valence-corrected chi connectivity index (χ4v) is 2.03. The Morgan fingerprint density at radius 1 is 1.52 bits per heavy atom. The van der Waals surface area contributed by atoms with Crippen molar-refractivity contribution in [2.75, 3.05) is 19.6 Å². The lowest BCUT2D eigenvalue weighted by Crippen LogP contribution is -2.40. The van der Waals surface area contributed by atoms with Gasteiger partial charge in [0, 0.05) is 0 Å². The van der Waals surface area contributed by atoms with Gasteiger partial charge in [-0.25, -0.2) is 4.68 Å². The maximum absolute atomic E-state index is 12.1. The van der Waals surface area contributed by atoms with Crippen molar-refractivity contribution < 1.29 is 23.1 Å². The minimum absolute atomic E-state index is 0.0668. The predicted octanol–water partition coefficient (Wildman–Crippen LogP) is -0.144. The van der Waals surface area contributed by atoms with Crippen molar-refractivity contribution >= 4 is 5.91 Å². The fraction of sp³-hybridized carbons (Fsp3) is 0.727. The van der Waals surface area contributed by atoms with Gasteiger partial charge in [-0.1, -0.05) is 5.21 Å². The van der Waals surface area contributed by atoms with E-state index in [0.29, 0.717) is 0 Å². The molecule has 21 heavy (non-hydrogen) atoms. The van der Waals surface area contributed by atoms with Crippen molar-refractivity contribution in [2.45, 2.75) is 31.2 Å². The van der Waals surface area contributed by atoms with Crippen molar-refractivity contribution in [2.24, 2.45) is 0 Å². The molecule has 1 aromatic rings. The smallest absolute Gasteiger partial charge is 0.382 e. The van der Waals surface area contributed by atoms with Crippen molar-refractivity contribution in [3.05, 3.63) is 11.9 Å². The number of aliphatic hydroxyl groups excluding tert-OH is 1. The fourth-order valence-electron chi connectivity index (χ4n) is 2.03. The maximum atomic E-state index is 12.1. The topological polar surface area (TPSA) is 92.1 Å². The molecule has 1 fully saturated rings. The van der Waals surface area contributed by atoms with Crippen LogP contribution in [0.25, 0.3) is 0 Å². The Kier molecular flexibility index (Phi) is 4.78. The summed E-state index contributed by atoms with van der Waals surface area (Å²) in [6.45, 7) is 0.760. The van der Waals surface area contributed by atoms with E-state index in [1.54, 1.807) is 4.68 Å². The summed E-state index contributed by atoms with van der Waals surface area (Å²) in [6, 6.07) is 0.126. The van der Waals surface area contributed by atoms with Crippen LogP contribution in [0.3, 0.4) is 0 Å². The van der Waals surface area contributed by atoms with Gasteiger partial charge in [-0.05, 0) is 25.9 Å². The van der Waals surface area contributed by atoms with E-state index < -0.39 is 24.7 Å². The van der Waals surface area contributed by atoms with E-state index in [2.05, 4.69) is 15.6 Å². The molecule has 0 radical (unpaired) electrons. The standard InChI is InChI=1S/C11H16F3N5O2/c12-11(13,14)9(20)5-16-10(21)8-6-19(18-17-8)7-1-3-15-4-2-7/h6-7,9,15,20H,1-5H2,(H,16,21). The summed E-state index contributed by atoms with van der Waals surface area (Å²) < 4.78 is 37.9. The third-order valence-electron chi connectivity index (χ3n) is 3.26. The average Bonchev–Trinajstić information content (AvgIpc) is 2.94. The molecule has 1 atom stereocenters. The third-order valence-corrected chi connectivity index (χ3v) is 3.26. The number of alkyl halides is 3. The van der Waals surface area contributed by atoms with Gasteiger partial charge in [0.15, 0.2) is 11.8 Å². The number of hydrogen-bond acceptors (Lipinski definition) is 5. The largest absolute Gasteiger partial charge is 0.416 e. The molecule has 2 heterocycles. The highest BCUT2D eigenvalue weighted by molar-refractivity contribution is 5.91. The highest BCUT2D eigenvalue weighted by Crippen LogP contribution is 2.19. The molecule has 0 bridgehead atoms. The molecule has 0 aliphatic carbocycles. The molecule has 2 rings (SSSR count). The molecule has 1 aromatic heterocycles. The highest BCUT2D eigenvalue weighted by Gasteiger charge is 2.38. The van der Waals surface area contributed by atoms with Crippen molar-refractivity contribution in [1.82, 2.24) is 25.6 Å². The van der Waals surface area contributed by atoms with Gasteiger partial charge < -0.3 is 15.7 Å². The molecule has 0 aromatic carbocycles. The molecule has 118 valence electrons. The number of nitrogens with zero attached hydrogens (tertiary/aromatic N) is 3. The SMILES string of the molecule is O=C(NCC(O)C(F)(F)F)c1cn(C2CCNCC2)nn1. The minimum atomic E-state index is -4.76. The zero-order chi connectivity index (χ0) is 15.5. The van der Waals surface area contributed by atoms with Crippen LogP contribution in [-0.4, -0.2) is 57.9 Å². The van der Waals surface area contributed by atoms with E-state index in [9.17, 15) is 18.0 Å². The second kappa shape index (κ2) is 6.39. The van der Waals surface area contributed by atoms with Crippen LogP contribution in [0.4, 0.5) is 13.2 Å². The second-order valence-electron chi connectivity index (χ2n) is 4.83. The lowest BCUT2D eigenvalue weighted by atomic mass is 10.1. The molecule has 1 aliphatic rings. The Hall–Kier alpha value is -1.68. The van der Waals surface area contributed by atoms with Crippen LogP contribution in [0.2, 0.25) is 0 Å². The Labute approximate surface area is 118 Å². The number of rotatable bonds is 4. The van der Waals surface area contributed by atoms with Crippen LogP contribution in [-0.2, 0) is 0 Å². The Bertz CT molecular complexity index is 484. The van der Waals surface area contributed by atoms with E-state index in [4.69, 9.17) is 5.11 Å². The molecule has 1 saturated heterocycles. The van der Waals surface area contributed by atoms with E-state index >= 15 is 0 Å². The molecule has 7 nitrogen and oxygen atoms in total. The van der Waals surface area contributed by atoms with Crippen LogP contribution in [0.1, 0.15) is 29.4 Å². The van der Waals surface area contributed by atoms with Crippen LogP contribution < -0.4 is 10.6 Å². The lowest BCUT2D eigenvalue weighted by Gasteiger charge is -2.22. The summed E-state index contributed by atoms with van der Waals surface area (Å²) in [6.07, 6.45) is -4.26. The lowest BCUT2D eigenvalue weighted by molar-refractivity contribution is -0.201. The first kappa shape index (κ1) is 15.7. The number of hydrogen-bond donors (Lipinski definition) is 3. The molecule has 0 spiro atoms. The summed E-state index contributed by atoms with van der Waals surface area (Å²) in [5.74, 6) is -0.793. The number of amides is 1. The van der Waals surface area contributed by atoms with Crippen molar-refractivity contribution in [1.29, 1.82) is 0 Å². The summed E-state index contributed by atoms with van der Waals surface area (Å²) in [5, 5.41) is 21.5. The Morgan fingerprint density at radius 3 is 2.81 bits per heavy atom. The van der Waals surface area contributed by atoms with Gasteiger partial charge in [-0.15, -0.1) is 5.10 Å². The number of aromatic nitrogens is 3. The van der Waals surface area contributed by atoms with Crippen molar-refractivity contribution in [3.8, 4) is 0 Å². The van der Waals surface area contributed by atoms with Gasteiger partial charge in [-0.3, -0.25) is 4.79 Å².